The lowest BCUT2D eigenvalue weighted by atomic mass is 9.96. The summed E-state index contributed by atoms with van der Waals surface area (Å²) in [5.74, 6) is -0.759. The Morgan fingerprint density at radius 2 is 2.14 bits per heavy atom. The molecule has 1 unspecified atom stereocenters. The van der Waals surface area contributed by atoms with Crippen LogP contribution in [0.3, 0.4) is 0 Å². The molecule has 0 aliphatic carbocycles. The van der Waals surface area contributed by atoms with Gasteiger partial charge in [-0.05, 0) is 32.2 Å². The van der Waals surface area contributed by atoms with E-state index in [0.29, 0.717) is 6.04 Å². The molecule has 14 heavy (non-hydrogen) atoms. The van der Waals surface area contributed by atoms with E-state index in [4.69, 9.17) is 5.11 Å². The normalized spacial score (nSPS) is 24.1. The standard InChI is InChI=1S/C11H21NO2/c1-3-10(4-2)12-7-5-6-9(8-12)11(13)14/h9-10H,3-8H2,1-2H3,(H,13,14). The van der Waals surface area contributed by atoms with Crippen LogP contribution in [-0.2, 0) is 4.79 Å². The van der Waals surface area contributed by atoms with Gasteiger partial charge in [0.1, 0.15) is 0 Å². The van der Waals surface area contributed by atoms with Crippen molar-refractivity contribution in [1.29, 1.82) is 0 Å². The molecule has 1 atom stereocenters. The summed E-state index contributed by atoms with van der Waals surface area (Å²) in [4.78, 5) is 13.2. The molecule has 0 radical (unpaired) electrons. The second kappa shape index (κ2) is 5.35. The number of hydrogen-bond donors (Lipinski definition) is 1. The molecule has 1 fully saturated rings. The van der Waals surface area contributed by atoms with Crippen molar-refractivity contribution in [1.82, 2.24) is 4.90 Å². The van der Waals surface area contributed by atoms with Crippen molar-refractivity contribution in [2.45, 2.75) is 45.6 Å². The van der Waals surface area contributed by atoms with Crippen molar-refractivity contribution < 1.29 is 9.90 Å². The van der Waals surface area contributed by atoms with Crippen LogP contribution in [0.5, 0.6) is 0 Å². The lowest BCUT2D eigenvalue weighted by Gasteiger charge is -2.36. The highest BCUT2D eigenvalue weighted by Crippen LogP contribution is 2.21. The molecular formula is C11H21NO2. The highest BCUT2D eigenvalue weighted by atomic mass is 16.4. The van der Waals surface area contributed by atoms with E-state index in [1.54, 1.807) is 0 Å². The lowest BCUT2D eigenvalue weighted by molar-refractivity contribution is -0.144. The fourth-order valence-corrected chi connectivity index (χ4v) is 2.34. The molecule has 0 spiro atoms. The van der Waals surface area contributed by atoms with Crippen LogP contribution in [0.2, 0.25) is 0 Å². The number of nitrogens with zero attached hydrogens (tertiary/aromatic N) is 1. The average Bonchev–Trinajstić information content (AvgIpc) is 2.20. The average molecular weight is 199 g/mol. The molecule has 1 aliphatic rings. The van der Waals surface area contributed by atoms with Crippen LogP contribution in [0, 0.1) is 5.92 Å². The van der Waals surface area contributed by atoms with E-state index in [0.717, 1.165) is 38.8 Å². The Balaban J connectivity index is 2.50. The first-order valence-electron chi connectivity index (χ1n) is 5.65. The molecule has 1 heterocycles. The smallest absolute Gasteiger partial charge is 0.307 e. The SMILES string of the molecule is CCC(CC)N1CCCC(C(=O)O)C1. The molecule has 0 aromatic heterocycles. The maximum atomic E-state index is 10.9. The van der Waals surface area contributed by atoms with Crippen LogP contribution in [0.1, 0.15) is 39.5 Å². The number of piperidine rings is 1. The molecule has 1 N–H and O–H groups in total. The van der Waals surface area contributed by atoms with Crippen LogP contribution >= 0.6 is 0 Å². The van der Waals surface area contributed by atoms with Gasteiger partial charge in [-0.25, -0.2) is 0 Å². The number of likely N-dealkylation sites (tertiary alicyclic amines) is 1. The van der Waals surface area contributed by atoms with Crippen molar-refractivity contribution in [3.63, 3.8) is 0 Å². The first kappa shape index (κ1) is 11.5. The summed E-state index contributed by atoms with van der Waals surface area (Å²) in [7, 11) is 0. The first-order valence-corrected chi connectivity index (χ1v) is 5.65. The van der Waals surface area contributed by atoms with Crippen LogP contribution in [-0.4, -0.2) is 35.1 Å². The zero-order chi connectivity index (χ0) is 10.6. The molecule has 0 amide bonds. The third-order valence-corrected chi connectivity index (χ3v) is 3.26. The highest BCUT2D eigenvalue weighted by molar-refractivity contribution is 5.70. The van der Waals surface area contributed by atoms with Crippen LogP contribution in [0.4, 0.5) is 0 Å². The van der Waals surface area contributed by atoms with Gasteiger partial charge in [-0.1, -0.05) is 13.8 Å². The van der Waals surface area contributed by atoms with E-state index >= 15 is 0 Å². The second-order valence-corrected chi connectivity index (χ2v) is 4.14. The summed E-state index contributed by atoms with van der Waals surface area (Å²) in [6.07, 6.45) is 4.14. The van der Waals surface area contributed by atoms with Gasteiger partial charge < -0.3 is 5.11 Å². The summed E-state index contributed by atoms with van der Waals surface area (Å²) in [5, 5.41) is 8.96. The van der Waals surface area contributed by atoms with Crippen molar-refractivity contribution in [3.05, 3.63) is 0 Å². The van der Waals surface area contributed by atoms with Crippen molar-refractivity contribution in [2.24, 2.45) is 5.92 Å². The Morgan fingerprint density at radius 1 is 1.50 bits per heavy atom. The molecule has 0 saturated carbocycles. The quantitative estimate of drug-likeness (QED) is 0.752. The minimum Gasteiger partial charge on any atom is -0.481 e. The van der Waals surface area contributed by atoms with E-state index in [2.05, 4.69) is 18.7 Å². The Bertz CT molecular complexity index is 190. The van der Waals surface area contributed by atoms with Gasteiger partial charge in [0.2, 0.25) is 0 Å². The highest BCUT2D eigenvalue weighted by Gasteiger charge is 2.27. The molecule has 1 saturated heterocycles. The summed E-state index contributed by atoms with van der Waals surface area (Å²) in [6, 6.07) is 0.581. The van der Waals surface area contributed by atoms with Gasteiger partial charge >= 0.3 is 5.97 Å². The predicted octanol–water partition coefficient (Wildman–Crippen LogP) is 1.97. The van der Waals surface area contributed by atoms with E-state index in [9.17, 15) is 4.79 Å². The van der Waals surface area contributed by atoms with Crippen molar-refractivity contribution in [3.8, 4) is 0 Å². The number of carbonyl (C=O) groups is 1. The van der Waals surface area contributed by atoms with E-state index in [1.165, 1.54) is 0 Å². The van der Waals surface area contributed by atoms with Gasteiger partial charge in [0.25, 0.3) is 0 Å². The van der Waals surface area contributed by atoms with Gasteiger partial charge in [-0.3, -0.25) is 9.69 Å². The number of aliphatic carboxylic acids is 1. The van der Waals surface area contributed by atoms with E-state index in [1.807, 2.05) is 0 Å². The number of hydrogen-bond acceptors (Lipinski definition) is 2. The largest absolute Gasteiger partial charge is 0.481 e. The molecule has 0 aromatic rings. The van der Waals surface area contributed by atoms with Gasteiger partial charge in [0.15, 0.2) is 0 Å². The minimum absolute atomic E-state index is 0.135. The number of carboxylic acids is 1. The molecule has 0 bridgehead atoms. The molecular weight excluding hydrogens is 178 g/mol. The molecule has 82 valence electrons. The van der Waals surface area contributed by atoms with Crippen molar-refractivity contribution in [2.75, 3.05) is 13.1 Å². The van der Waals surface area contributed by atoms with E-state index in [-0.39, 0.29) is 5.92 Å². The third-order valence-electron chi connectivity index (χ3n) is 3.26. The van der Waals surface area contributed by atoms with Gasteiger partial charge in [-0.15, -0.1) is 0 Å². The molecule has 1 rings (SSSR count). The first-order chi connectivity index (χ1) is 6.69. The number of rotatable bonds is 4. The Hall–Kier alpha value is -0.570. The van der Waals surface area contributed by atoms with Gasteiger partial charge in [-0.2, -0.15) is 0 Å². The molecule has 0 aromatic carbocycles. The summed E-state index contributed by atoms with van der Waals surface area (Å²) in [6.45, 7) is 6.19. The second-order valence-electron chi connectivity index (χ2n) is 4.14. The summed E-state index contributed by atoms with van der Waals surface area (Å²) < 4.78 is 0. The molecule has 1 aliphatic heterocycles. The monoisotopic (exact) mass is 199 g/mol. The third kappa shape index (κ3) is 2.71. The zero-order valence-electron chi connectivity index (χ0n) is 9.20. The topological polar surface area (TPSA) is 40.5 Å². The summed E-state index contributed by atoms with van der Waals surface area (Å²) in [5.41, 5.74) is 0. The molecule has 3 heteroatoms. The van der Waals surface area contributed by atoms with Crippen molar-refractivity contribution >= 4 is 5.97 Å². The van der Waals surface area contributed by atoms with Crippen LogP contribution in [0.15, 0.2) is 0 Å². The van der Waals surface area contributed by atoms with Crippen LogP contribution in [0.25, 0.3) is 0 Å². The Kier molecular flexibility index (Phi) is 4.39. The predicted molar refractivity (Wildman–Crippen MR) is 56.3 cm³/mol. The maximum absolute atomic E-state index is 10.9. The minimum atomic E-state index is -0.624. The summed E-state index contributed by atoms with van der Waals surface area (Å²) >= 11 is 0. The van der Waals surface area contributed by atoms with Gasteiger partial charge in [0, 0.05) is 12.6 Å². The van der Waals surface area contributed by atoms with Crippen LogP contribution < -0.4 is 0 Å². The Labute approximate surface area is 86.1 Å². The number of carboxylic acid groups (broad SMARTS) is 1. The molecule has 3 nitrogen and oxygen atoms in total. The fraction of sp³-hybridized carbons (Fsp3) is 0.909. The lowest BCUT2D eigenvalue weighted by Crippen LogP contribution is -2.44. The zero-order valence-corrected chi connectivity index (χ0v) is 9.20. The van der Waals surface area contributed by atoms with E-state index < -0.39 is 5.97 Å². The maximum Gasteiger partial charge on any atom is 0.307 e. The Morgan fingerprint density at radius 3 is 2.64 bits per heavy atom. The van der Waals surface area contributed by atoms with Gasteiger partial charge in [0.05, 0.1) is 5.92 Å². The fourth-order valence-electron chi connectivity index (χ4n) is 2.34.